The molecule has 27 heavy (non-hydrogen) atoms. The maximum Gasteiger partial charge on any atom is 0.255 e. The van der Waals surface area contributed by atoms with Crippen molar-refractivity contribution in [3.63, 3.8) is 0 Å². The second-order valence-corrected chi connectivity index (χ2v) is 6.19. The van der Waals surface area contributed by atoms with Crippen molar-refractivity contribution in [3.05, 3.63) is 88.8 Å². The highest BCUT2D eigenvalue weighted by Gasteiger charge is 2.09. The number of hydrogen-bond donors (Lipinski definition) is 2. The highest BCUT2D eigenvalue weighted by Crippen LogP contribution is 2.23. The number of furan rings is 1. The van der Waals surface area contributed by atoms with E-state index in [0.717, 1.165) is 5.56 Å². The number of halogens is 1. The monoisotopic (exact) mass is 380 g/mol. The summed E-state index contributed by atoms with van der Waals surface area (Å²) < 4.78 is 5.12. The van der Waals surface area contributed by atoms with Crippen LogP contribution in [0.5, 0.6) is 0 Å². The summed E-state index contributed by atoms with van der Waals surface area (Å²) in [4.78, 5) is 24.3. The average molecular weight is 381 g/mol. The molecule has 5 nitrogen and oxygen atoms in total. The largest absolute Gasteiger partial charge is 0.465 e. The van der Waals surface area contributed by atoms with E-state index in [1.165, 1.54) is 12.3 Å². The SMILES string of the molecule is Cc1c(Cl)cccc1NC(=O)c1ccc(NC(=O)/C=C/c2ccco2)cc1. The molecule has 0 spiro atoms. The second kappa shape index (κ2) is 8.38. The maximum absolute atomic E-state index is 12.4. The molecule has 0 fully saturated rings. The topological polar surface area (TPSA) is 71.3 Å². The minimum absolute atomic E-state index is 0.254. The Bertz CT molecular complexity index is 977. The van der Waals surface area contributed by atoms with Crippen molar-refractivity contribution in [2.45, 2.75) is 6.92 Å². The Hall–Kier alpha value is -3.31. The van der Waals surface area contributed by atoms with Gasteiger partial charge >= 0.3 is 0 Å². The standard InChI is InChI=1S/C21H17ClN2O3/c1-14-18(22)5-2-6-19(14)24-21(26)15-7-9-16(10-8-15)23-20(25)12-11-17-4-3-13-27-17/h2-13H,1H3,(H,23,25)(H,24,26)/b12-11+. The van der Waals surface area contributed by atoms with Crippen LogP contribution in [0.25, 0.3) is 6.08 Å². The normalized spacial score (nSPS) is 10.7. The van der Waals surface area contributed by atoms with Crippen molar-refractivity contribution < 1.29 is 14.0 Å². The summed E-state index contributed by atoms with van der Waals surface area (Å²) in [5, 5.41) is 6.14. The van der Waals surface area contributed by atoms with Gasteiger partial charge in [-0.05, 0) is 67.1 Å². The number of nitrogens with one attached hydrogen (secondary N) is 2. The minimum atomic E-state index is -0.293. The molecule has 1 aromatic heterocycles. The lowest BCUT2D eigenvalue weighted by atomic mass is 10.1. The molecule has 2 amide bonds. The molecule has 0 unspecified atom stereocenters. The van der Waals surface area contributed by atoms with Crippen molar-refractivity contribution in [3.8, 4) is 0 Å². The van der Waals surface area contributed by atoms with Crippen LogP contribution in [0.2, 0.25) is 5.02 Å². The van der Waals surface area contributed by atoms with E-state index in [1.54, 1.807) is 60.7 Å². The third-order valence-electron chi connectivity index (χ3n) is 3.87. The van der Waals surface area contributed by atoms with E-state index in [2.05, 4.69) is 10.6 Å². The number of hydrogen-bond acceptors (Lipinski definition) is 3. The molecule has 0 saturated heterocycles. The zero-order valence-electron chi connectivity index (χ0n) is 14.5. The van der Waals surface area contributed by atoms with Gasteiger partial charge in [0.25, 0.3) is 5.91 Å². The molecule has 136 valence electrons. The van der Waals surface area contributed by atoms with Gasteiger partial charge in [0.2, 0.25) is 5.91 Å². The first-order valence-corrected chi connectivity index (χ1v) is 8.60. The lowest BCUT2D eigenvalue weighted by molar-refractivity contribution is -0.111. The predicted molar refractivity (Wildman–Crippen MR) is 107 cm³/mol. The molecule has 6 heteroatoms. The summed E-state index contributed by atoms with van der Waals surface area (Å²) in [5.41, 5.74) is 2.52. The first-order chi connectivity index (χ1) is 13.0. The van der Waals surface area contributed by atoms with Gasteiger partial charge in [0.15, 0.2) is 0 Å². The van der Waals surface area contributed by atoms with Crippen LogP contribution < -0.4 is 10.6 Å². The fourth-order valence-electron chi connectivity index (χ4n) is 2.37. The molecule has 0 aliphatic heterocycles. The molecule has 0 aliphatic rings. The number of carbonyl (C=O) groups is 2. The van der Waals surface area contributed by atoms with Crippen LogP contribution in [-0.2, 0) is 4.79 Å². The van der Waals surface area contributed by atoms with E-state index >= 15 is 0 Å². The van der Waals surface area contributed by atoms with Crippen LogP contribution in [0.15, 0.2) is 71.4 Å². The van der Waals surface area contributed by atoms with Crippen LogP contribution in [0.3, 0.4) is 0 Å². The van der Waals surface area contributed by atoms with Gasteiger partial charge in [-0.25, -0.2) is 0 Å². The van der Waals surface area contributed by atoms with E-state index in [4.69, 9.17) is 16.0 Å². The van der Waals surface area contributed by atoms with Crippen LogP contribution in [0.1, 0.15) is 21.7 Å². The average Bonchev–Trinajstić information content (AvgIpc) is 3.18. The lowest BCUT2D eigenvalue weighted by Crippen LogP contribution is -2.13. The van der Waals surface area contributed by atoms with Crippen molar-refractivity contribution in [1.29, 1.82) is 0 Å². The molecule has 2 aromatic carbocycles. The smallest absolute Gasteiger partial charge is 0.255 e. The van der Waals surface area contributed by atoms with E-state index < -0.39 is 0 Å². The number of benzene rings is 2. The molecule has 0 radical (unpaired) electrons. The van der Waals surface area contributed by atoms with Crippen molar-refractivity contribution in [1.82, 2.24) is 0 Å². The van der Waals surface area contributed by atoms with Gasteiger partial charge in [0.1, 0.15) is 5.76 Å². The van der Waals surface area contributed by atoms with Gasteiger partial charge in [-0.2, -0.15) is 0 Å². The molecule has 1 heterocycles. The van der Waals surface area contributed by atoms with Crippen LogP contribution in [-0.4, -0.2) is 11.8 Å². The second-order valence-electron chi connectivity index (χ2n) is 5.78. The number of carbonyl (C=O) groups excluding carboxylic acids is 2. The van der Waals surface area contributed by atoms with Crippen LogP contribution in [0.4, 0.5) is 11.4 Å². The highest BCUT2D eigenvalue weighted by atomic mass is 35.5. The fraction of sp³-hybridized carbons (Fsp3) is 0.0476. The van der Waals surface area contributed by atoms with Gasteiger partial charge in [-0.15, -0.1) is 0 Å². The summed E-state index contributed by atoms with van der Waals surface area (Å²) in [6.45, 7) is 1.84. The van der Waals surface area contributed by atoms with Crippen molar-refractivity contribution in [2.75, 3.05) is 10.6 Å². The molecule has 0 saturated carbocycles. The summed E-state index contributed by atoms with van der Waals surface area (Å²) in [7, 11) is 0. The van der Waals surface area contributed by atoms with Crippen molar-refractivity contribution in [2.24, 2.45) is 0 Å². The zero-order valence-corrected chi connectivity index (χ0v) is 15.3. The Morgan fingerprint density at radius 2 is 1.78 bits per heavy atom. The van der Waals surface area contributed by atoms with Crippen LogP contribution in [0, 0.1) is 6.92 Å². The summed E-state index contributed by atoms with van der Waals surface area (Å²) in [5.74, 6) is 0.0441. The molecule has 3 rings (SSSR count). The van der Waals surface area contributed by atoms with Gasteiger partial charge in [-0.1, -0.05) is 17.7 Å². The predicted octanol–water partition coefficient (Wildman–Crippen LogP) is 5.15. The Labute approximate surface area is 161 Å². The number of amides is 2. The van der Waals surface area contributed by atoms with Gasteiger partial charge in [0.05, 0.1) is 6.26 Å². The molecular formula is C21H17ClN2O3. The molecule has 0 aliphatic carbocycles. The first-order valence-electron chi connectivity index (χ1n) is 8.22. The summed E-state index contributed by atoms with van der Waals surface area (Å²) >= 11 is 6.07. The van der Waals surface area contributed by atoms with Crippen molar-refractivity contribution >= 4 is 40.9 Å². The number of anilines is 2. The van der Waals surface area contributed by atoms with E-state index in [1.807, 2.05) is 6.92 Å². The van der Waals surface area contributed by atoms with Gasteiger partial charge in [0, 0.05) is 28.0 Å². The van der Waals surface area contributed by atoms with E-state index in [-0.39, 0.29) is 11.8 Å². The Kier molecular flexibility index (Phi) is 5.74. The van der Waals surface area contributed by atoms with E-state index in [9.17, 15) is 9.59 Å². The van der Waals surface area contributed by atoms with Crippen LogP contribution >= 0.6 is 11.6 Å². The summed E-state index contributed by atoms with van der Waals surface area (Å²) in [6.07, 6.45) is 4.48. The molecule has 0 atom stereocenters. The third kappa shape index (κ3) is 4.86. The zero-order chi connectivity index (χ0) is 19.2. The van der Waals surface area contributed by atoms with Gasteiger partial charge in [-0.3, -0.25) is 9.59 Å². The molecule has 0 bridgehead atoms. The Morgan fingerprint density at radius 3 is 2.48 bits per heavy atom. The third-order valence-corrected chi connectivity index (χ3v) is 4.28. The quantitative estimate of drug-likeness (QED) is 0.601. The fourth-order valence-corrected chi connectivity index (χ4v) is 2.54. The minimum Gasteiger partial charge on any atom is -0.465 e. The Balaban J connectivity index is 1.61. The lowest BCUT2D eigenvalue weighted by Gasteiger charge is -2.10. The molecular weight excluding hydrogens is 364 g/mol. The van der Waals surface area contributed by atoms with Gasteiger partial charge < -0.3 is 15.1 Å². The molecule has 3 aromatic rings. The maximum atomic E-state index is 12.4. The van der Waals surface area contributed by atoms with E-state index in [0.29, 0.717) is 27.7 Å². The summed E-state index contributed by atoms with van der Waals surface area (Å²) in [6, 6.07) is 15.4. The first kappa shape index (κ1) is 18.5. The number of rotatable bonds is 5. The highest BCUT2D eigenvalue weighted by molar-refractivity contribution is 6.31. The molecule has 2 N–H and O–H groups in total. The Morgan fingerprint density at radius 1 is 1.00 bits per heavy atom.